The maximum Gasteiger partial charge on any atom is 0.283 e. The highest BCUT2D eigenvalue weighted by molar-refractivity contribution is 7.21. The number of carbonyl (C=O) groups excluding carboxylic acids is 2. The van der Waals surface area contributed by atoms with Crippen molar-refractivity contribution in [1.29, 1.82) is 0 Å². The number of primary amides is 1. The molecule has 0 aliphatic rings. The number of pyridine rings is 1. The van der Waals surface area contributed by atoms with Crippen LogP contribution in [0.3, 0.4) is 0 Å². The molecule has 0 unspecified atom stereocenters. The highest BCUT2D eigenvalue weighted by Crippen LogP contribution is 2.43. The van der Waals surface area contributed by atoms with Gasteiger partial charge < -0.3 is 11.1 Å². The fourth-order valence-electron chi connectivity index (χ4n) is 3.75. The molecule has 36 heavy (non-hydrogen) atoms. The first kappa shape index (κ1) is 25.6. The number of nitrogens with one attached hydrogen (secondary N) is 1. The molecule has 0 bridgehead atoms. The van der Waals surface area contributed by atoms with Gasteiger partial charge in [-0.25, -0.2) is 22.5 Å². The largest absolute Gasteiger partial charge is 0.365 e. The molecule has 0 fully saturated rings. The molecule has 0 saturated heterocycles. The second-order valence-corrected chi connectivity index (χ2v) is 9.22. The van der Waals surface area contributed by atoms with Crippen LogP contribution in [0.25, 0.3) is 21.3 Å². The summed E-state index contributed by atoms with van der Waals surface area (Å²) in [6.07, 6.45) is -4.24. The average Bonchev–Trinajstić information content (AvgIpc) is 3.42. The molecule has 4 rings (SSSR count). The van der Waals surface area contributed by atoms with E-state index in [4.69, 9.17) is 17.3 Å². The zero-order valence-electron chi connectivity index (χ0n) is 18.9. The van der Waals surface area contributed by atoms with Crippen LogP contribution >= 0.6 is 22.9 Å². The highest BCUT2D eigenvalue weighted by Gasteiger charge is 2.27. The first-order chi connectivity index (χ1) is 16.9. The predicted molar refractivity (Wildman–Crippen MR) is 126 cm³/mol. The van der Waals surface area contributed by atoms with Gasteiger partial charge in [-0.05, 0) is 25.5 Å². The molecule has 0 aliphatic carbocycles. The molecule has 3 N–H and O–H groups in total. The number of amides is 2. The summed E-state index contributed by atoms with van der Waals surface area (Å²) in [5.41, 5.74) is 5.67. The fraction of sp³-hybridized carbons (Fsp3) is 0.286. The monoisotopic (exact) mass is 543 g/mol. The van der Waals surface area contributed by atoms with Gasteiger partial charge in [-0.1, -0.05) is 11.6 Å². The summed E-state index contributed by atoms with van der Waals surface area (Å²) in [7, 11) is 1.65. The van der Waals surface area contributed by atoms with Crippen molar-refractivity contribution in [3.05, 3.63) is 44.9 Å². The molecule has 0 spiro atoms. The Morgan fingerprint density at radius 1 is 1.17 bits per heavy atom. The van der Waals surface area contributed by atoms with Gasteiger partial charge in [0.2, 0.25) is 5.91 Å². The lowest BCUT2D eigenvalue weighted by atomic mass is 10.0. The van der Waals surface area contributed by atoms with Gasteiger partial charge >= 0.3 is 0 Å². The molecular formula is C21H18ClF4N7O2S. The third-order valence-corrected chi connectivity index (χ3v) is 6.92. The van der Waals surface area contributed by atoms with Crippen molar-refractivity contribution < 1.29 is 27.2 Å². The first-order valence-electron chi connectivity index (χ1n) is 10.3. The summed E-state index contributed by atoms with van der Waals surface area (Å²) in [6.45, 7) is 2.58. The van der Waals surface area contributed by atoms with Gasteiger partial charge in [-0.3, -0.25) is 19.0 Å². The van der Waals surface area contributed by atoms with Crippen LogP contribution in [0, 0.1) is 13.8 Å². The van der Waals surface area contributed by atoms with Crippen molar-refractivity contribution in [2.75, 3.05) is 5.32 Å². The van der Waals surface area contributed by atoms with Crippen molar-refractivity contribution in [3.63, 3.8) is 0 Å². The summed E-state index contributed by atoms with van der Waals surface area (Å²) in [4.78, 5) is 29.0. The third-order valence-electron chi connectivity index (χ3n) is 5.36. The number of alkyl halides is 4. The number of anilines is 1. The van der Waals surface area contributed by atoms with Gasteiger partial charge in [0.25, 0.3) is 18.8 Å². The number of rotatable bonds is 7. The van der Waals surface area contributed by atoms with E-state index >= 15 is 0 Å². The molecule has 15 heteroatoms. The molecule has 4 aromatic rings. The van der Waals surface area contributed by atoms with Crippen LogP contribution in [0.2, 0.25) is 5.02 Å². The molecule has 4 heterocycles. The number of hydrogen-bond donors (Lipinski definition) is 2. The number of halogens is 5. The number of nitrogens with two attached hydrogens (primary N) is 1. The molecule has 190 valence electrons. The third kappa shape index (κ3) is 4.53. The summed E-state index contributed by atoms with van der Waals surface area (Å²) < 4.78 is 56.0. The SMILES string of the molecule is Cc1nn(C)cc1-c1cc(C(F)F)nc2sc(C(N)=O)c(NC(=O)Cn3nc(C(F)F)c(Cl)c3C)c12. The van der Waals surface area contributed by atoms with Gasteiger partial charge in [0.15, 0.2) is 0 Å². The maximum atomic E-state index is 13.6. The van der Waals surface area contributed by atoms with E-state index < -0.39 is 42.6 Å². The fourth-order valence-corrected chi connectivity index (χ4v) is 4.99. The minimum atomic E-state index is -2.94. The summed E-state index contributed by atoms with van der Waals surface area (Å²) in [5.74, 6) is -1.66. The van der Waals surface area contributed by atoms with Crippen LogP contribution in [-0.4, -0.2) is 36.4 Å². The summed E-state index contributed by atoms with van der Waals surface area (Å²) in [5, 5.41) is 10.4. The summed E-state index contributed by atoms with van der Waals surface area (Å²) >= 11 is 6.64. The van der Waals surface area contributed by atoms with E-state index in [9.17, 15) is 27.2 Å². The van der Waals surface area contributed by atoms with Crippen molar-refractivity contribution in [2.24, 2.45) is 12.8 Å². The lowest BCUT2D eigenvalue weighted by Gasteiger charge is -2.11. The lowest BCUT2D eigenvalue weighted by Crippen LogP contribution is -2.22. The number of aromatic nitrogens is 5. The minimum absolute atomic E-state index is 0.0379. The van der Waals surface area contributed by atoms with Crippen LogP contribution in [0.15, 0.2) is 12.3 Å². The zero-order valence-corrected chi connectivity index (χ0v) is 20.5. The van der Waals surface area contributed by atoms with Crippen LogP contribution in [-0.2, 0) is 18.4 Å². The zero-order chi connectivity index (χ0) is 26.5. The van der Waals surface area contributed by atoms with Crippen molar-refractivity contribution in [2.45, 2.75) is 33.2 Å². The molecule has 0 radical (unpaired) electrons. The van der Waals surface area contributed by atoms with E-state index in [1.807, 2.05) is 0 Å². The molecule has 2 amide bonds. The van der Waals surface area contributed by atoms with E-state index in [1.165, 1.54) is 11.6 Å². The molecule has 0 aliphatic heterocycles. The van der Waals surface area contributed by atoms with Gasteiger partial charge in [0.1, 0.15) is 27.6 Å². The molecule has 0 saturated carbocycles. The summed E-state index contributed by atoms with van der Waals surface area (Å²) in [6, 6.07) is 1.16. The van der Waals surface area contributed by atoms with E-state index in [1.54, 1.807) is 20.2 Å². The smallest absolute Gasteiger partial charge is 0.283 e. The lowest BCUT2D eigenvalue weighted by molar-refractivity contribution is -0.116. The van der Waals surface area contributed by atoms with E-state index in [0.29, 0.717) is 11.3 Å². The Balaban J connectivity index is 1.85. The second-order valence-electron chi connectivity index (χ2n) is 7.84. The standard InChI is InChI=1S/C21H18ClF4N7O2S/c1-7-10(5-32(3)30-7)9-4-11(18(23)24)28-21-13(9)15(17(36-21)20(27)35)29-12(34)6-33-8(2)14(22)16(31-33)19(25)26/h4-5,18-19H,6H2,1-3H3,(H2,27,35)(H,29,34). The Kier molecular flexibility index (Phi) is 6.75. The van der Waals surface area contributed by atoms with Gasteiger partial charge in [-0.2, -0.15) is 10.2 Å². The Labute approximate surface area is 209 Å². The number of nitrogens with zero attached hydrogens (tertiary/aromatic N) is 5. The van der Waals surface area contributed by atoms with Crippen molar-refractivity contribution in [3.8, 4) is 11.1 Å². The number of hydrogen-bond acceptors (Lipinski definition) is 6. The van der Waals surface area contributed by atoms with Gasteiger partial charge in [-0.15, -0.1) is 11.3 Å². The molecule has 9 nitrogen and oxygen atoms in total. The van der Waals surface area contributed by atoms with E-state index in [0.717, 1.165) is 22.1 Å². The Morgan fingerprint density at radius 3 is 2.39 bits per heavy atom. The van der Waals surface area contributed by atoms with Crippen LogP contribution in [0.5, 0.6) is 0 Å². The number of carbonyl (C=O) groups is 2. The number of fused-ring (bicyclic) bond motifs is 1. The molecule has 4 aromatic heterocycles. The van der Waals surface area contributed by atoms with Crippen molar-refractivity contribution in [1.82, 2.24) is 24.5 Å². The number of thiophene rings is 1. The predicted octanol–water partition coefficient (Wildman–Crippen LogP) is 4.78. The van der Waals surface area contributed by atoms with Crippen LogP contribution < -0.4 is 11.1 Å². The first-order valence-corrected chi connectivity index (χ1v) is 11.4. The Hall–Kier alpha value is -3.52. The van der Waals surface area contributed by atoms with Gasteiger partial charge in [0.05, 0.1) is 22.1 Å². The quantitative estimate of drug-likeness (QED) is 0.325. The average molecular weight is 544 g/mol. The van der Waals surface area contributed by atoms with E-state index in [-0.39, 0.29) is 37.1 Å². The Morgan fingerprint density at radius 2 is 1.86 bits per heavy atom. The van der Waals surface area contributed by atoms with E-state index in [2.05, 4.69) is 20.5 Å². The van der Waals surface area contributed by atoms with Crippen LogP contribution in [0.4, 0.5) is 23.2 Å². The topological polar surface area (TPSA) is 121 Å². The molecule has 0 atom stereocenters. The second kappa shape index (κ2) is 9.50. The minimum Gasteiger partial charge on any atom is -0.365 e. The molecule has 0 aromatic carbocycles. The maximum absolute atomic E-state index is 13.6. The normalized spacial score (nSPS) is 11.7. The van der Waals surface area contributed by atoms with Crippen LogP contribution in [0.1, 0.15) is 45.3 Å². The molecular weight excluding hydrogens is 526 g/mol. The Bertz CT molecular complexity index is 1510. The van der Waals surface area contributed by atoms with Gasteiger partial charge in [0, 0.05) is 24.2 Å². The highest BCUT2D eigenvalue weighted by atomic mass is 35.5. The van der Waals surface area contributed by atoms with Crippen molar-refractivity contribution >= 4 is 50.7 Å². The number of aryl methyl sites for hydroxylation is 2.